The lowest BCUT2D eigenvalue weighted by Crippen LogP contribution is -2.41. The fourth-order valence-electron chi connectivity index (χ4n) is 4.12. The van der Waals surface area contributed by atoms with Gasteiger partial charge >= 0.3 is 0 Å². The van der Waals surface area contributed by atoms with E-state index in [0.717, 1.165) is 62.6 Å². The van der Waals surface area contributed by atoms with E-state index in [1.807, 2.05) is 31.2 Å². The van der Waals surface area contributed by atoms with Crippen LogP contribution in [0.2, 0.25) is 0 Å². The molecular weight excluding hydrogens is 394 g/mol. The average Bonchev–Trinajstić information content (AvgIpc) is 2.81. The predicted octanol–water partition coefficient (Wildman–Crippen LogP) is 2.86. The summed E-state index contributed by atoms with van der Waals surface area (Å²) >= 11 is 0. The van der Waals surface area contributed by atoms with E-state index >= 15 is 0 Å². The summed E-state index contributed by atoms with van der Waals surface area (Å²) in [6, 6.07) is 7.78. The molecule has 0 unspecified atom stereocenters. The molecule has 2 aromatic rings. The van der Waals surface area contributed by atoms with Gasteiger partial charge in [0.05, 0.1) is 25.5 Å². The highest BCUT2D eigenvalue weighted by molar-refractivity contribution is 5.91. The van der Waals surface area contributed by atoms with E-state index in [9.17, 15) is 4.79 Å². The zero-order valence-electron chi connectivity index (χ0n) is 18.0. The number of ether oxygens (including phenoxy) is 2. The van der Waals surface area contributed by atoms with Crippen LogP contribution in [0, 0.1) is 5.92 Å². The van der Waals surface area contributed by atoms with Crippen LogP contribution in [0.25, 0.3) is 0 Å². The van der Waals surface area contributed by atoms with Crippen LogP contribution in [0.4, 0.5) is 11.6 Å². The van der Waals surface area contributed by atoms with Crippen LogP contribution in [0.1, 0.15) is 32.6 Å². The Morgan fingerprint density at radius 2 is 2.00 bits per heavy atom. The molecule has 0 saturated carbocycles. The first-order valence-electron chi connectivity index (χ1n) is 11.2. The molecular formula is C23H31N5O3. The first-order valence-corrected chi connectivity index (χ1v) is 11.2. The molecule has 0 bridgehead atoms. The summed E-state index contributed by atoms with van der Waals surface area (Å²) in [5.41, 5.74) is 0. The lowest BCUT2D eigenvalue weighted by molar-refractivity contribution is -0.120. The molecule has 3 heterocycles. The van der Waals surface area contributed by atoms with Gasteiger partial charge in [-0.2, -0.15) is 0 Å². The van der Waals surface area contributed by atoms with Gasteiger partial charge in [0.25, 0.3) is 0 Å². The minimum atomic E-state index is 0.0281. The van der Waals surface area contributed by atoms with Gasteiger partial charge in [0.1, 0.15) is 11.9 Å². The van der Waals surface area contributed by atoms with Crippen LogP contribution in [-0.2, 0) is 4.79 Å². The smallest absolute Gasteiger partial charge is 0.228 e. The molecule has 2 fully saturated rings. The van der Waals surface area contributed by atoms with Crippen LogP contribution >= 0.6 is 0 Å². The Morgan fingerprint density at radius 3 is 2.81 bits per heavy atom. The molecule has 2 saturated heterocycles. The Hall–Kier alpha value is -2.87. The predicted molar refractivity (Wildman–Crippen MR) is 120 cm³/mol. The zero-order valence-corrected chi connectivity index (χ0v) is 18.0. The summed E-state index contributed by atoms with van der Waals surface area (Å²) in [6.45, 7) is 5.92. The van der Waals surface area contributed by atoms with Gasteiger partial charge < -0.3 is 25.0 Å². The number of amides is 1. The van der Waals surface area contributed by atoms with Gasteiger partial charge in [0, 0.05) is 12.5 Å². The second-order valence-corrected chi connectivity index (χ2v) is 7.98. The second kappa shape index (κ2) is 10.4. The fourth-order valence-corrected chi connectivity index (χ4v) is 4.12. The van der Waals surface area contributed by atoms with Crippen LogP contribution in [0.3, 0.4) is 0 Å². The maximum atomic E-state index is 12.5. The number of benzene rings is 1. The van der Waals surface area contributed by atoms with Crippen molar-refractivity contribution >= 4 is 17.5 Å². The number of carbonyl (C=O) groups excluding carboxylic acids is 1. The van der Waals surface area contributed by atoms with Gasteiger partial charge in [0.2, 0.25) is 5.91 Å². The largest absolute Gasteiger partial charge is 0.490 e. The molecule has 166 valence electrons. The zero-order chi connectivity index (χ0) is 21.5. The van der Waals surface area contributed by atoms with Crippen molar-refractivity contribution in [3.8, 4) is 11.5 Å². The van der Waals surface area contributed by atoms with Gasteiger partial charge in [-0.25, -0.2) is 4.98 Å². The first kappa shape index (κ1) is 21.4. The first-order chi connectivity index (χ1) is 15.2. The third-order valence-corrected chi connectivity index (χ3v) is 5.73. The third-order valence-electron chi connectivity index (χ3n) is 5.73. The molecule has 1 atom stereocenters. The molecule has 0 radical (unpaired) electrons. The van der Waals surface area contributed by atoms with Gasteiger partial charge in [-0.05, 0) is 57.8 Å². The molecule has 2 aliphatic heterocycles. The van der Waals surface area contributed by atoms with E-state index < -0.39 is 0 Å². The number of nitrogens with one attached hydrogen (secondary N) is 2. The monoisotopic (exact) mass is 425 g/mol. The summed E-state index contributed by atoms with van der Waals surface area (Å²) in [6.07, 6.45) is 7.06. The third kappa shape index (κ3) is 5.64. The number of anilines is 2. The number of carbonyl (C=O) groups is 1. The summed E-state index contributed by atoms with van der Waals surface area (Å²) in [5, 5.41) is 6.23. The Bertz CT molecular complexity index is 872. The number of hydrogen-bond donors (Lipinski definition) is 2. The van der Waals surface area contributed by atoms with E-state index in [0.29, 0.717) is 19.0 Å². The van der Waals surface area contributed by atoms with E-state index in [1.165, 1.54) is 0 Å². The highest BCUT2D eigenvalue weighted by Gasteiger charge is 2.25. The molecule has 4 rings (SSSR count). The molecule has 31 heavy (non-hydrogen) atoms. The Labute approximate surface area is 183 Å². The van der Waals surface area contributed by atoms with Crippen molar-refractivity contribution in [2.24, 2.45) is 5.92 Å². The highest BCUT2D eigenvalue weighted by atomic mass is 16.5. The molecule has 2 aliphatic rings. The molecule has 1 amide bonds. The van der Waals surface area contributed by atoms with Crippen LogP contribution in [-0.4, -0.2) is 54.8 Å². The molecule has 8 heteroatoms. The Kier molecular flexibility index (Phi) is 7.19. The van der Waals surface area contributed by atoms with Gasteiger partial charge in [-0.1, -0.05) is 12.1 Å². The standard InChI is InChI=1S/C23H31N5O3/c1-2-30-19-7-3-4-8-20(19)31-18-6-5-13-28(16-18)22-15-25-14-21(26-22)27-23(29)17-9-11-24-12-10-17/h3-4,7-8,14-15,17-18,24H,2,5-6,9-13,16H2,1H3,(H,26,27,29)/t18-/m1/s1. The normalized spacial score (nSPS) is 19.6. The van der Waals surface area contributed by atoms with E-state index in [4.69, 9.17) is 9.47 Å². The maximum absolute atomic E-state index is 12.5. The second-order valence-electron chi connectivity index (χ2n) is 7.98. The summed E-state index contributed by atoms with van der Waals surface area (Å²) in [5.74, 6) is 2.86. The number of hydrogen-bond acceptors (Lipinski definition) is 7. The van der Waals surface area contributed by atoms with Crippen molar-refractivity contribution < 1.29 is 14.3 Å². The summed E-state index contributed by atoms with van der Waals surface area (Å²) < 4.78 is 12.0. The van der Waals surface area contributed by atoms with Crippen LogP contribution in [0.15, 0.2) is 36.7 Å². The number of para-hydroxylation sites is 2. The van der Waals surface area contributed by atoms with Crippen molar-refractivity contribution in [1.29, 1.82) is 0 Å². The quantitative estimate of drug-likeness (QED) is 0.705. The molecule has 1 aromatic carbocycles. The minimum absolute atomic E-state index is 0.0281. The van der Waals surface area contributed by atoms with Gasteiger partial charge in [0.15, 0.2) is 17.3 Å². The average molecular weight is 426 g/mol. The van der Waals surface area contributed by atoms with Crippen molar-refractivity contribution in [2.45, 2.75) is 38.7 Å². The lowest BCUT2D eigenvalue weighted by Gasteiger charge is -2.33. The van der Waals surface area contributed by atoms with Gasteiger partial charge in [-0.3, -0.25) is 9.78 Å². The highest BCUT2D eigenvalue weighted by Crippen LogP contribution is 2.30. The number of nitrogens with zero attached hydrogens (tertiary/aromatic N) is 3. The van der Waals surface area contributed by atoms with Crippen molar-refractivity contribution in [2.75, 3.05) is 43.0 Å². The maximum Gasteiger partial charge on any atom is 0.228 e. The Morgan fingerprint density at radius 1 is 1.19 bits per heavy atom. The topological polar surface area (TPSA) is 88.6 Å². The van der Waals surface area contributed by atoms with Crippen molar-refractivity contribution in [3.63, 3.8) is 0 Å². The van der Waals surface area contributed by atoms with Gasteiger partial charge in [-0.15, -0.1) is 0 Å². The molecule has 0 aliphatic carbocycles. The summed E-state index contributed by atoms with van der Waals surface area (Å²) in [7, 11) is 0. The minimum Gasteiger partial charge on any atom is -0.490 e. The van der Waals surface area contributed by atoms with Crippen molar-refractivity contribution in [1.82, 2.24) is 15.3 Å². The number of piperidine rings is 2. The molecule has 0 spiro atoms. The van der Waals surface area contributed by atoms with E-state index in [1.54, 1.807) is 12.4 Å². The molecule has 8 nitrogen and oxygen atoms in total. The SMILES string of the molecule is CCOc1ccccc1O[C@@H]1CCCN(c2cncc(NC(=O)C3CCNCC3)n2)C1. The van der Waals surface area contributed by atoms with E-state index in [2.05, 4.69) is 25.5 Å². The number of aromatic nitrogens is 2. The molecule has 1 aromatic heterocycles. The van der Waals surface area contributed by atoms with E-state index in [-0.39, 0.29) is 17.9 Å². The summed E-state index contributed by atoms with van der Waals surface area (Å²) in [4.78, 5) is 23.7. The van der Waals surface area contributed by atoms with Crippen LogP contribution in [0.5, 0.6) is 11.5 Å². The number of rotatable bonds is 7. The molecule has 2 N–H and O–H groups in total. The lowest BCUT2D eigenvalue weighted by atomic mass is 9.97. The Balaban J connectivity index is 1.39. The van der Waals surface area contributed by atoms with Crippen LogP contribution < -0.4 is 25.0 Å². The fraction of sp³-hybridized carbons (Fsp3) is 0.522. The van der Waals surface area contributed by atoms with Crippen molar-refractivity contribution in [3.05, 3.63) is 36.7 Å².